The predicted molar refractivity (Wildman–Crippen MR) is 81.9 cm³/mol. The molecule has 0 fully saturated rings. The summed E-state index contributed by atoms with van der Waals surface area (Å²) in [4.78, 5) is 31.1. The van der Waals surface area contributed by atoms with E-state index in [2.05, 4.69) is 4.98 Å². The minimum Gasteiger partial charge on any atom is -0.478 e. The fourth-order valence-corrected chi connectivity index (χ4v) is 2.14. The number of anilines is 1. The van der Waals surface area contributed by atoms with Crippen LogP contribution in [0.2, 0.25) is 0 Å². The quantitative estimate of drug-likeness (QED) is 0.864. The Bertz CT molecular complexity index is 541. The number of nitrogens with zero attached hydrogens (tertiary/aromatic N) is 3. The Morgan fingerprint density at radius 3 is 2.38 bits per heavy atom. The summed E-state index contributed by atoms with van der Waals surface area (Å²) in [6.07, 6.45) is 0.800. The van der Waals surface area contributed by atoms with Crippen LogP contribution < -0.4 is 4.90 Å². The van der Waals surface area contributed by atoms with Gasteiger partial charge in [-0.2, -0.15) is 0 Å². The zero-order valence-electron chi connectivity index (χ0n) is 13.3. The number of carbonyl (C=O) groups excluding carboxylic acids is 1. The van der Waals surface area contributed by atoms with Gasteiger partial charge in [0.1, 0.15) is 11.4 Å². The van der Waals surface area contributed by atoms with E-state index in [4.69, 9.17) is 0 Å². The first kappa shape index (κ1) is 16.9. The van der Waals surface area contributed by atoms with Crippen molar-refractivity contribution in [1.29, 1.82) is 0 Å². The molecule has 0 aliphatic heterocycles. The lowest BCUT2D eigenvalue weighted by atomic mass is 10.1. The summed E-state index contributed by atoms with van der Waals surface area (Å²) in [6.45, 7) is 6.25. The summed E-state index contributed by atoms with van der Waals surface area (Å²) in [5, 5.41) is 9.44. The molecule has 0 bridgehead atoms. The highest BCUT2D eigenvalue weighted by atomic mass is 16.4. The van der Waals surface area contributed by atoms with Gasteiger partial charge in [0.15, 0.2) is 0 Å². The Balaban J connectivity index is 3.30. The van der Waals surface area contributed by atoms with Crippen molar-refractivity contribution in [3.05, 3.63) is 22.9 Å². The second-order valence-corrected chi connectivity index (χ2v) is 5.29. The van der Waals surface area contributed by atoms with Gasteiger partial charge in [-0.15, -0.1) is 0 Å². The predicted octanol–water partition coefficient (Wildman–Crippen LogP) is 1.70. The van der Waals surface area contributed by atoms with Crippen molar-refractivity contribution < 1.29 is 14.7 Å². The molecule has 0 atom stereocenters. The van der Waals surface area contributed by atoms with Crippen LogP contribution in [0.4, 0.5) is 5.82 Å². The Labute approximate surface area is 125 Å². The van der Waals surface area contributed by atoms with Crippen LogP contribution in [0.25, 0.3) is 0 Å². The molecule has 1 amide bonds. The zero-order chi connectivity index (χ0) is 16.2. The Morgan fingerprint density at radius 1 is 1.29 bits per heavy atom. The number of carboxylic acid groups (broad SMARTS) is 1. The van der Waals surface area contributed by atoms with Crippen molar-refractivity contribution in [2.24, 2.45) is 0 Å². The fourth-order valence-electron chi connectivity index (χ4n) is 2.14. The summed E-state index contributed by atoms with van der Waals surface area (Å²) < 4.78 is 0. The van der Waals surface area contributed by atoms with Gasteiger partial charge in [0.05, 0.1) is 6.54 Å². The molecule has 0 spiro atoms. The fraction of sp³-hybridized carbons (Fsp3) is 0.533. The largest absolute Gasteiger partial charge is 0.478 e. The standard InChI is InChI=1S/C15H23N3O3/c1-6-7-18(9-12(19)17(4)5)14-13(15(20)21)10(2)8-11(3)16-14/h8H,6-7,9H2,1-5H3,(H,20,21). The molecule has 6 heteroatoms. The zero-order valence-corrected chi connectivity index (χ0v) is 13.3. The number of hydrogen-bond donors (Lipinski definition) is 1. The highest BCUT2D eigenvalue weighted by Crippen LogP contribution is 2.23. The van der Waals surface area contributed by atoms with Crippen LogP contribution in [0.1, 0.15) is 35.0 Å². The summed E-state index contributed by atoms with van der Waals surface area (Å²) >= 11 is 0. The van der Waals surface area contributed by atoms with Crippen molar-refractivity contribution in [2.45, 2.75) is 27.2 Å². The lowest BCUT2D eigenvalue weighted by Crippen LogP contribution is -2.38. The molecular weight excluding hydrogens is 270 g/mol. The molecule has 1 aromatic rings. The van der Waals surface area contributed by atoms with E-state index in [1.807, 2.05) is 13.8 Å². The number of carbonyl (C=O) groups is 2. The molecule has 0 aliphatic rings. The van der Waals surface area contributed by atoms with Gasteiger partial charge in [-0.25, -0.2) is 9.78 Å². The van der Waals surface area contributed by atoms with Crippen molar-refractivity contribution in [2.75, 3.05) is 32.1 Å². The molecule has 1 rings (SSSR count). The lowest BCUT2D eigenvalue weighted by Gasteiger charge is -2.26. The van der Waals surface area contributed by atoms with Gasteiger partial charge in [0.25, 0.3) is 0 Å². The van der Waals surface area contributed by atoms with Crippen LogP contribution in [0.3, 0.4) is 0 Å². The molecule has 116 valence electrons. The molecule has 1 heterocycles. The number of hydrogen-bond acceptors (Lipinski definition) is 4. The molecule has 0 saturated carbocycles. The van der Waals surface area contributed by atoms with Crippen LogP contribution in [0.5, 0.6) is 0 Å². The Kier molecular flexibility index (Phi) is 5.69. The van der Waals surface area contributed by atoms with Crippen LogP contribution in [-0.2, 0) is 4.79 Å². The monoisotopic (exact) mass is 293 g/mol. The molecule has 21 heavy (non-hydrogen) atoms. The number of aromatic carboxylic acids is 1. The van der Waals surface area contributed by atoms with E-state index in [9.17, 15) is 14.7 Å². The van der Waals surface area contributed by atoms with Gasteiger partial charge in [-0.3, -0.25) is 4.79 Å². The summed E-state index contributed by atoms with van der Waals surface area (Å²) in [6, 6.07) is 1.74. The van der Waals surface area contributed by atoms with E-state index in [0.29, 0.717) is 17.9 Å². The number of likely N-dealkylation sites (N-methyl/N-ethyl adjacent to an activating group) is 1. The average molecular weight is 293 g/mol. The van der Waals surface area contributed by atoms with Crippen LogP contribution >= 0.6 is 0 Å². The summed E-state index contributed by atoms with van der Waals surface area (Å²) in [5.41, 5.74) is 1.56. The molecule has 0 unspecified atom stereocenters. The number of aryl methyl sites for hydroxylation is 2. The Morgan fingerprint density at radius 2 is 1.90 bits per heavy atom. The molecule has 6 nitrogen and oxygen atoms in total. The lowest BCUT2D eigenvalue weighted by molar-refractivity contribution is -0.127. The number of carboxylic acids is 1. The SMILES string of the molecule is CCCN(CC(=O)N(C)C)c1nc(C)cc(C)c1C(=O)O. The smallest absolute Gasteiger partial charge is 0.339 e. The summed E-state index contributed by atoms with van der Waals surface area (Å²) in [7, 11) is 3.36. The highest BCUT2D eigenvalue weighted by Gasteiger charge is 2.22. The Hall–Kier alpha value is -2.11. The van der Waals surface area contributed by atoms with Gasteiger partial charge < -0.3 is 14.9 Å². The van der Waals surface area contributed by atoms with Gasteiger partial charge in [-0.05, 0) is 31.9 Å². The second-order valence-electron chi connectivity index (χ2n) is 5.29. The third-order valence-corrected chi connectivity index (χ3v) is 3.16. The number of amides is 1. The number of rotatable bonds is 6. The third-order valence-electron chi connectivity index (χ3n) is 3.16. The van der Waals surface area contributed by atoms with Gasteiger partial charge in [0.2, 0.25) is 5.91 Å². The van der Waals surface area contributed by atoms with Crippen molar-refractivity contribution in [3.63, 3.8) is 0 Å². The van der Waals surface area contributed by atoms with E-state index in [-0.39, 0.29) is 18.0 Å². The maximum atomic E-state index is 12.0. The molecule has 0 aromatic carbocycles. The molecule has 0 saturated heterocycles. The van der Waals surface area contributed by atoms with Gasteiger partial charge in [-0.1, -0.05) is 6.92 Å². The normalized spacial score (nSPS) is 10.3. The topological polar surface area (TPSA) is 73.7 Å². The minimum absolute atomic E-state index is 0.0826. The van der Waals surface area contributed by atoms with Crippen molar-refractivity contribution in [3.8, 4) is 0 Å². The van der Waals surface area contributed by atoms with Gasteiger partial charge in [0, 0.05) is 26.3 Å². The second kappa shape index (κ2) is 7.06. The molecule has 0 radical (unpaired) electrons. The van der Waals surface area contributed by atoms with E-state index in [0.717, 1.165) is 12.1 Å². The van der Waals surface area contributed by atoms with Crippen molar-refractivity contribution >= 4 is 17.7 Å². The minimum atomic E-state index is -1.02. The molecule has 1 aromatic heterocycles. The maximum absolute atomic E-state index is 12.0. The first-order valence-electron chi connectivity index (χ1n) is 6.94. The van der Waals surface area contributed by atoms with Gasteiger partial charge >= 0.3 is 5.97 Å². The van der Waals surface area contributed by atoms with Crippen LogP contribution in [0.15, 0.2) is 6.07 Å². The van der Waals surface area contributed by atoms with Crippen LogP contribution in [0, 0.1) is 13.8 Å². The number of aromatic nitrogens is 1. The van der Waals surface area contributed by atoms with E-state index >= 15 is 0 Å². The van der Waals surface area contributed by atoms with E-state index in [1.165, 1.54) is 4.90 Å². The molecular formula is C15H23N3O3. The van der Waals surface area contributed by atoms with E-state index in [1.54, 1.807) is 32.0 Å². The first-order chi connectivity index (χ1) is 9.77. The van der Waals surface area contributed by atoms with E-state index < -0.39 is 5.97 Å². The highest BCUT2D eigenvalue weighted by molar-refractivity contribution is 5.96. The van der Waals surface area contributed by atoms with Crippen molar-refractivity contribution in [1.82, 2.24) is 9.88 Å². The van der Waals surface area contributed by atoms with Crippen LogP contribution in [-0.4, -0.2) is 54.1 Å². The maximum Gasteiger partial charge on any atom is 0.339 e. The third kappa shape index (κ3) is 4.18. The summed E-state index contributed by atoms with van der Waals surface area (Å²) in [5.74, 6) is -0.730. The molecule has 1 N–H and O–H groups in total. The number of pyridine rings is 1. The first-order valence-corrected chi connectivity index (χ1v) is 6.94. The molecule has 0 aliphatic carbocycles. The average Bonchev–Trinajstić information content (AvgIpc) is 2.36.